The van der Waals surface area contributed by atoms with Gasteiger partial charge in [-0.25, -0.2) is 9.37 Å². The number of methoxy groups -OCH3 is 1. The van der Waals surface area contributed by atoms with Gasteiger partial charge in [0.25, 0.3) is 5.69 Å². The molecule has 0 fully saturated rings. The third-order valence-electron chi connectivity index (χ3n) is 5.67. The van der Waals surface area contributed by atoms with E-state index in [2.05, 4.69) is 20.6 Å². The van der Waals surface area contributed by atoms with Crippen molar-refractivity contribution in [2.45, 2.75) is 19.4 Å². The monoisotopic (exact) mass is 547 g/mol. The van der Waals surface area contributed by atoms with E-state index in [0.29, 0.717) is 41.7 Å². The van der Waals surface area contributed by atoms with Gasteiger partial charge in [0.2, 0.25) is 5.95 Å². The number of aromatic nitrogens is 2. The van der Waals surface area contributed by atoms with Crippen molar-refractivity contribution in [2.24, 2.45) is 0 Å². The molecule has 0 aliphatic heterocycles. The Kier molecular flexibility index (Phi) is 8.92. The molecule has 204 valence electrons. The number of ether oxygens (including phenoxy) is 1. The molecule has 0 spiro atoms. The Bertz CT molecular complexity index is 1320. The van der Waals surface area contributed by atoms with E-state index in [1.165, 1.54) is 39.3 Å². The van der Waals surface area contributed by atoms with E-state index < -0.39 is 16.3 Å². The first kappa shape index (κ1) is 28.8. The van der Waals surface area contributed by atoms with Gasteiger partial charge in [-0.15, -0.1) is 0 Å². The lowest BCUT2D eigenvalue weighted by molar-refractivity contribution is -0.384. The molecule has 0 aliphatic carbocycles. The molecule has 38 heavy (non-hydrogen) atoms. The van der Waals surface area contributed by atoms with Gasteiger partial charge in [0.15, 0.2) is 0 Å². The molecule has 3 rings (SSSR count). The Labute approximate surface area is 225 Å². The Morgan fingerprint density at radius 2 is 1.87 bits per heavy atom. The molecule has 0 atom stereocenters. The molecule has 0 unspecified atom stereocenters. The van der Waals surface area contributed by atoms with Crippen molar-refractivity contribution in [1.82, 2.24) is 14.9 Å². The Hall–Kier alpha value is -3.74. The van der Waals surface area contributed by atoms with Crippen LogP contribution in [-0.4, -0.2) is 66.2 Å². The number of nitro benzene ring substituents is 1. The summed E-state index contributed by atoms with van der Waals surface area (Å²) in [5.74, 6) is 0.126. The van der Waals surface area contributed by atoms with Gasteiger partial charge in [-0.05, 0) is 46.1 Å². The van der Waals surface area contributed by atoms with Crippen LogP contribution in [0.2, 0.25) is 5.02 Å². The number of anilines is 5. The predicted octanol–water partition coefficient (Wildman–Crippen LogP) is 4.90. The first-order chi connectivity index (χ1) is 17.8. The molecule has 0 amide bonds. The van der Waals surface area contributed by atoms with Crippen LogP contribution in [0.3, 0.4) is 0 Å². The van der Waals surface area contributed by atoms with Crippen LogP contribution in [0.15, 0.2) is 36.5 Å². The molecule has 3 aromatic rings. The van der Waals surface area contributed by atoms with Crippen LogP contribution in [-0.2, 0) is 5.60 Å². The summed E-state index contributed by atoms with van der Waals surface area (Å²) >= 11 is 5.97. The molecular weight excluding hydrogens is 517 g/mol. The summed E-state index contributed by atoms with van der Waals surface area (Å²) < 4.78 is 19.6. The molecule has 11 nitrogen and oxygen atoms in total. The number of likely N-dealkylation sites (N-methyl/N-ethyl adjacent to an activating group) is 2. The Morgan fingerprint density at radius 3 is 2.47 bits per heavy atom. The van der Waals surface area contributed by atoms with Crippen LogP contribution < -0.4 is 20.3 Å². The van der Waals surface area contributed by atoms with Crippen molar-refractivity contribution in [1.29, 1.82) is 0 Å². The van der Waals surface area contributed by atoms with Gasteiger partial charge in [-0.3, -0.25) is 10.1 Å². The lowest BCUT2D eigenvalue weighted by Crippen LogP contribution is -2.28. The number of nitrogens with zero attached hydrogens (tertiary/aromatic N) is 5. The maximum atomic E-state index is 14.1. The smallest absolute Gasteiger partial charge is 0.294 e. The van der Waals surface area contributed by atoms with Crippen molar-refractivity contribution in [3.8, 4) is 5.75 Å². The topological polar surface area (TPSA) is 129 Å². The van der Waals surface area contributed by atoms with E-state index in [0.717, 1.165) is 6.07 Å². The summed E-state index contributed by atoms with van der Waals surface area (Å²) in [6.07, 6.45) is 1.47. The Balaban J connectivity index is 1.94. The van der Waals surface area contributed by atoms with Crippen molar-refractivity contribution >= 4 is 46.1 Å². The second kappa shape index (κ2) is 11.8. The minimum Gasteiger partial charge on any atom is -0.494 e. The fourth-order valence-corrected chi connectivity index (χ4v) is 3.81. The minimum absolute atomic E-state index is 0.111. The maximum Gasteiger partial charge on any atom is 0.294 e. The highest BCUT2D eigenvalue weighted by atomic mass is 35.5. The fraction of sp³-hybridized carbons (Fsp3) is 0.360. The third kappa shape index (κ3) is 6.97. The van der Waals surface area contributed by atoms with Crippen LogP contribution in [0, 0.1) is 15.9 Å². The standard InChI is InChI=1S/C25H31ClFN7O4/c1-25(2,35)15-11-17(27)16(26)12-18(15)29-23-7-8-28-24(31-23)30-19-13-21(34(36)37)20(14-22(19)38-6)33(5)10-9-32(3)4/h7-8,11-14,35H,9-10H2,1-6H3,(H2,28,29,30,31). The SMILES string of the molecule is COc1cc(N(C)CCN(C)C)c([N+](=O)[O-])cc1Nc1nccc(Nc2cc(Cl)c(F)cc2C(C)(C)O)n1. The summed E-state index contributed by atoms with van der Waals surface area (Å²) in [7, 11) is 7.09. The first-order valence-electron chi connectivity index (χ1n) is 11.6. The van der Waals surface area contributed by atoms with Crippen molar-refractivity contribution in [2.75, 3.05) is 56.9 Å². The molecule has 0 saturated heterocycles. The molecule has 0 aliphatic rings. The predicted molar refractivity (Wildman–Crippen MR) is 147 cm³/mol. The Morgan fingerprint density at radius 1 is 1.16 bits per heavy atom. The third-order valence-corrected chi connectivity index (χ3v) is 5.96. The second-order valence-corrected chi connectivity index (χ2v) is 9.82. The summed E-state index contributed by atoms with van der Waals surface area (Å²) in [5.41, 5.74) is -0.147. The van der Waals surface area contributed by atoms with Gasteiger partial charge >= 0.3 is 0 Å². The molecule has 13 heteroatoms. The van der Waals surface area contributed by atoms with E-state index in [1.807, 2.05) is 19.0 Å². The van der Waals surface area contributed by atoms with E-state index in [-0.39, 0.29) is 22.2 Å². The summed E-state index contributed by atoms with van der Waals surface area (Å²) in [4.78, 5) is 23.8. The number of rotatable bonds is 11. The van der Waals surface area contributed by atoms with Gasteiger partial charge in [-0.1, -0.05) is 11.6 Å². The highest BCUT2D eigenvalue weighted by Gasteiger charge is 2.24. The average Bonchev–Trinajstić information content (AvgIpc) is 2.83. The molecule has 0 bridgehead atoms. The zero-order chi connectivity index (χ0) is 28.2. The summed E-state index contributed by atoms with van der Waals surface area (Å²) in [5, 5.41) is 28.3. The quantitative estimate of drug-likeness (QED) is 0.225. The number of nitrogens with one attached hydrogen (secondary N) is 2. The van der Waals surface area contributed by atoms with Crippen molar-refractivity contribution < 1.29 is 19.2 Å². The van der Waals surface area contributed by atoms with E-state index in [9.17, 15) is 19.6 Å². The number of hydrogen-bond donors (Lipinski definition) is 3. The lowest BCUT2D eigenvalue weighted by Gasteiger charge is -2.23. The lowest BCUT2D eigenvalue weighted by atomic mass is 9.96. The molecule has 2 aromatic carbocycles. The van der Waals surface area contributed by atoms with E-state index in [4.69, 9.17) is 16.3 Å². The average molecular weight is 548 g/mol. The summed E-state index contributed by atoms with van der Waals surface area (Å²) in [6.45, 7) is 4.32. The highest BCUT2D eigenvalue weighted by molar-refractivity contribution is 6.31. The van der Waals surface area contributed by atoms with Crippen molar-refractivity contribution in [3.63, 3.8) is 0 Å². The number of halogens is 2. The van der Waals surface area contributed by atoms with E-state index in [1.54, 1.807) is 24.1 Å². The van der Waals surface area contributed by atoms with Gasteiger partial charge in [0, 0.05) is 49.7 Å². The zero-order valence-corrected chi connectivity index (χ0v) is 22.8. The zero-order valence-electron chi connectivity index (χ0n) is 22.0. The van der Waals surface area contributed by atoms with Crippen LogP contribution in [0.25, 0.3) is 0 Å². The number of aliphatic hydroxyl groups is 1. The molecule has 1 aromatic heterocycles. The minimum atomic E-state index is -1.37. The van der Waals surface area contributed by atoms with Crippen LogP contribution >= 0.6 is 11.6 Å². The number of hydrogen-bond acceptors (Lipinski definition) is 10. The van der Waals surface area contributed by atoms with Crippen LogP contribution in [0.4, 0.5) is 38.9 Å². The maximum absolute atomic E-state index is 14.1. The largest absolute Gasteiger partial charge is 0.494 e. The first-order valence-corrected chi connectivity index (χ1v) is 12.0. The second-order valence-electron chi connectivity index (χ2n) is 9.41. The van der Waals surface area contributed by atoms with Crippen LogP contribution in [0.5, 0.6) is 5.75 Å². The van der Waals surface area contributed by atoms with Gasteiger partial charge < -0.3 is 30.3 Å². The normalized spacial score (nSPS) is 11.4. The van der Waals surface area contributed by atoms with Crippen molar-refractivity contribution in [3.05, 3.63) is 63.0 Å². The molecule has 0 saturated carbocycles. The van der Waals surface area contributed by atoms with Gasteiger partial charge in [-0.2, -0.15) is 4.98 Å². The van der Waals surface area contributed by atoms with Crippen LogP contribution in [0.1, 0.15) is 19.4 Å². The summed E-state index contributed by atoms with van der Waals surface area (Å²) in [6, 6.07) is 7.05. The molecular formula is C25H31ClFN7O4. The fourth-order valence-electron chi connectivity index (χ4n) is 3.65. The number of nitro groups is 1. The van der Waals surface area contributed by atoms with Gasteiger partial charge in [0.1, 0.15) is 23.1 Å². The molecule has 3 N–H and O–H groups in total. The molecule has 1 heterocycles. The molecule has 0 radical (unpaired) electrons. The van der Waals surface area contributed by atoms with E-state index >= 15 is 0 Å². The highest BCUT2D eigenvalue weighted by Crippen LogP contribution is 2.39. The van der Waals surface area contributed by atoms with Gasteiger partial charge in [0.05, 0.1) is 28.3 Å². The number of benzene rings is 2.